The highest BCUT2D eigenvalue weighted by Gasteiger charge is 2.19. The van der Waals surface area contributed by atoms with Crippen molar-refractivity contribution in [1.82, 2.24) is 19.1 Å². The summed E-state index contributed by atoms with van der Waals surface area (Å²) in [4.78, 5) is 14.1. The van der Waals surface area contributed by atoms with Crippen molar-refractivity contribution in [3.8, 4) is 28.7 Å². The monoisotopic (exact) mass is 590 g/mol. The van der Waals surface area contributed by atoms with E-state index < -0.39 is 0 Å². The van der Waals surface area contributed by atoms with E-state index >= 15 is 0 Å². The van der Waals surface area contributed by atoms with Crippen LogP contribution < -0.4 is 34.4 Å². The zero-order valence-electron chi connectivity index (χ0n) is 26.0. The molecule has 0 N–H and O–H groups in total. The minimum atomic E-state index is 0.677. The molecular weight excluding hydrogens is 552 g/mol. The molecule has 3 heterocycles. The molecule has 3 aliphatic heterocycles. The summed E-state index contributed by atoms with van der Waals surface area (Å²) in [6, 6.07) is 22.6. The lowest BCUT2D eigenvalue weighted by Crippen LogP contribution is -2.31. The van der Waals surface area contributed by atoms with Crippen molar-refractivity contribution in [3.63, 3.8) is 0 Å². The topological polar surface area (TPSA) is 73.8 Å². The number of nitrogens with zero attached hydrogens (tertiary/aromatic N) is 6. The van der Waals surface area contributed by atoms with Gasteiger partial charge >= 0.3 is 0 Å². The van der Waals surface area contributed by atoms with E-state index in [4.69, 9.17) is 23.5 Å². The number of aromatic nitrogens is 2. The second kappa shape index (κ2) is 11.3. The fourth-order valence-corrected chi connectivity index (χ4v) is 5.76. The highest BCUT2D eigenvalue weighted by molar-refractivity contribution is 5.84. The van der Waals surface area contributed by atoms with Crippen LogP contribution in [0.4, 0.5) is 11.4 Å². The number of anilines is 2. The Morgan fingerprint density at radius 3 is 2.09 bits per heavy atom. The van der Waals surface area contributed by atoms with Gasteiger partial charge in [-0.05, 0) is 31.2 Å². The molecule has 0 saturated heterocycles. The summed E-state index contributed by atoms with van der Waals surface area (Å²) in [5.74, 6) is 2.41. The third-order valence-corrected chi connectivity index (χ3v) is 8.67. The van der Waals surface area contributed by atoms with Crippen molar-refractivity contribution in [2.24, 2.45) is 0 Å². The molecule has 2 aliphatic carbocycles. The van der Waals surface area contributed by atoms with Crippen LogP contribution in [0.3, 0.4) is 0 Å². The number of likely N-dealkylation sites (N-methyl/N-ethyl adjacent to an activating group) is 1. The molecule has 0 atom stereocenters. The Kier molecular flexibility index (Phi) is 7.16. The number of hydrogen-bond donors (Lipinski definition) is 0. The normalized spacial score (nSPS) is 14.6. The SMILES string of the molecule is CCN(C)c1ccc2nc3ccc(=[N+](C)CCC[N+](C)=c4ccc5nc6cc7c(cc6oc-5c4)N(C)CCO7)cc-3oc2c1. The number of benzene rings is 4. The second-order valence-corrected chi connectivity index (χ2v) is 11.7. The molecule has 0 radical (unpaired) electrons. The first-order valence-corrected chi connectivity index (χ1v) is 15.2. The fourth-order valence-electron chi connectivity index (χ4n) is 5.76. The molecule has 44 heavy (non-hydrogen) atoms. The number of rotatable bonds is 6. The van der Waals surface area contributed by atoms with E-state index in [1.165, 1.54) is 0 Å². The minimum absolute atomic E-state index is 0.677. The average molecular weight is 591 g/mol. The Balaban J connectivity index is 1.12. The van der Waals surface area contributed by atoms with Crippen LogP contribution in [-0.4, -0.2) is 70.9 Å². The highest BCUT2D eigenvalue weighted by atomic mass is 16.5. The summed E-state index contributed by atoms with van der Waals surface area (Å²) in [6.07, 6.45) is 0.981. The van der Waals surface area contributed by atoms with Gasteiger partial charge < -0.3 is 23.4 Å². The van der Waals surface area contributed by atoms with E-state index in [1.54, 1.807) is 0 Å². The van der Waals surface area contributed by atoms with Crippen LogP contribution in [0.25, 0.3) is 45.1 Å². The molecule has 0 unspecified atom stereocenters. The van der Waals surface area contributed by atoms with Gasteiger partial charge in [-0.1, -0.05) is 0 Å². The number of fused-ring (bicyclic) bond motifs is 5. The molecule has 2 aromatic rings. The van der Waals surface area contributed by atoms with Gasteiger partial charge in [0.2, 0.25) is 10.7 Å². The molecule has 0 aromatic heterocycles. The first kappa shape index (κ1) is 27.9. The van der Waals surface area contributed by atoms with Crippen molar-refractivity contribution >= 4 is 33.6 Å². The van der Waals surface area contributed by atoms with Crippen LogP contribution in [0.15, 0.2) is 75.6 Å². The first-order valence-electron chi connectivity index (χ1n) is 15.2. The van der Waals surface area contributed by atoms with Gasteiger partial charge in [0.1, 0.15) is 62.0 Å². The third-order valence-electron chi connectivity index (χ3n) is 8.67. The van der Waals surface area contributed by atoms with E-state index in [-0.39, 0.29) is 0 Å². The van der Waals surface area contributed by atoms with Crippen molar-refractivity contribution in [2.75, 3.05) is 70.8 Å². The lowest BCUT2D eigenvalue weighted by Gasteiger charge is -2.27. The standard InChI is InChI=1S/C35H38N6O3/c1-6-38(2)23-8-11-26-31(18-23)43-32-19-24(9-12-27(32)36-26)39(3)14-7-15-40(4)25-10-13-28-33(20-25)44-34-22-30-35(21-29(34)37-28)42-17-16-41(30)5/h8-13,18-22H,6-7,14-17H2,1-5H3/q+2. The van der Waals surface area contributed by atoms with Gasteiger partial charge in [0, 0.05) is 56.7 Å². The van der Waals surface area contributed by atoms with Crippen molar-refractivity contribution in [2.45, 2.75) is 13.3 Å². The van der Waals surface area contributed by atoms with Gasteiger partial charge in [-0.3, -0.25) is 0 Å². The largest absolute Gasteiger partial charge is 0.489 e. The molecule has 0 amide bonds. The van der Waals surface area contributed by atoms with Crippen molar-refractivity contribution < 1.29 is 13.6 Å². The van der Waals surface area contributed by atoms with Crippen LogP contribution in [0.5, 0.6) is 5.75 Å². The molecule has 224 valence electrons. The van der Waals surface area contributed by atoms with E-state index in [1.807, 2.05) is 30.3 Å². The Labute approximate surface area is 256 Å². The zero-order valence-corrected chi connectivity index (χ0v) is 26.0. The second-order valence-electron chi connectivity index (χ2n) is 11.7. The summed E-state index contributed by atoms with van der Waals surface area (Å²) >= 11 is 0. The molecule has 0 spiro atoms. The number of ether oxygens (including phenoxy) is 1. The molecule has 7 rings (SSSR count). The van der Waals surface area contributed by atoms with Crippen LogP contribution in [0.1, 0.15) is 13.3 Å². The third kappa shape index (κ3) is 5.23. The Hall–Kier alpha value is -4.92. The number of hydrogen-bond acceptors (Lipinski definition) is 7. The van der Waals surface area contributed by atoms with Crippen LogP contribution >= 0.6 is 0 Å². The van der Waals surface area contributed by atoms with Crippen molar-refractivity contribution in [1.29, 1.82) is 0 Å². The van der Waals surface area contributed by atoms with Gasteiger partial charge in [-0.2, -0.15) is 0 Å². The van der Waals surface area contributed by atoms with E-state index in [0.717, 1.165) is 106 Å². The van der Waals surface area contributed by atoms with E-state index in [2.05, 4.69) is 90.5 Å². The maximum Gasteiger partial charge on any atom is 0.203 e. The summed E-state index contributed by atoms with van der Waals surface area (Å²) < 4.78 is 23.0. The van der Waals surface area contributed by atoms with Gasteiger partial charge in [0.15, 0.2) is 22.7 Å². The maximum absolute atomic E-state index is 6.34. The first-order chi connectivity index (χ1) is 21.4. The molecule has 0 saturated carbocycles. The lowest BCUT2D eigenvalue weighted by molar-refractivity contribution is 0.311. The van der Waals surface area contributed by atoms with Gasteiger partial charge in [-0.25, -0.2) is 19.1 Å². The molecule has 9 heteroatoms. The average Bonchev–Trinajstić information content (AvgIpc) is 3.04. The smallest absolute Gasteiger partial charge is 0.203 e. The van der Waals surface area contributed by atoms with Crippen molar-refractivity contribution in [3.05, 3.63) is 77.4 Å². The molecule has 0 bridgehead atoms. The fraction of sp³-hybridized carbons (Fsp3) is 0.314. The highest BCUT2D eigenvalue weighted by Crippen LogP contribution is 2.36. The van der Waals surface area contributed by atoms with E-state index in [0.29, 0.717) is 6.61 Å². The Morgan fingerprint density at radius 1 is 0.795 bits per heavy atom. The Bertz CT molecular complexity index is 2100. The summed E-state index contributed by atoms with van der Waals surface area (Å²) in [7, 11) is 8.39. The zero-order chi connectivity index (χ0) is 30.4. The lowest BCUT2D eigenvalue weighted by atomic mass is 10.2. The van der Waals surface area contributed by atoms with Crippen LogP contribution in [-0.2, 0) is 0 Å². The summed E-state index contributed by atoms with van der Waals surface area (Å²) in [5.41, 5.74) is 7.05. The molecule has 0 fully saturated rings. The van der Waals surface area contributed by atoms with Crippen LogP contribution in [0, 0.1) is 0 Å². The van der Waals surface area contributed by atoms with Crippen LogP contribution in [0.2, 0.25) is 0 Å². The molecule has 2 aromatic carbocycles. The minimum Gasteiger partial charge on any atom is -0.489 e. The summed E-state index contributed by atoms with van der Waals surface area (Å²) in [6.45, 7) is 6.38. The maximum atomic E-state index is 6.34. The quantitative estimate of drug-likeness (QED) is 0.211. The summed E-state index contributed by atoms with van der Waals surface area (Å²) in [5, 5.41) is 2.20. The molecule has 9 nitrogen and oxygen atoms in total. The predicted octanol–water partition coefficient (Wildman–Crippen LogP) is 4.36. The van der Waals surface area contributed by atoms with Gasteiger partial charge in [0.25, 0.3) is 0 Å². The molecular formula is C35H38N6O3+2. The van der Waals surface area contributed by atoms with E-state index in [9.17, 15) is 0 Å². The van der Waals surface area contributed by atoms with Gasteiger partial charge in [0.05, 0.1) is 30.8 Å². The molecule has 5 aliphatic rings. The predicted molar refractivity (Wildman–Crippen MR) is 176 cm³/mol. The van der Waals surface area contributed by atoms with Gasteiger partial charge in [-0.15, -0.1) is 0 Å². The Morgan fingerprint density at radius 2 is 1.43 bits per heavy atom.